The van der Waals surface area contributed by atoms with Crippen LogP contribution in [0.15, 0.2) is 27.6 Å². The minimum atomic E-state index is -3.57. The van der Waals surface area contributed by atoms with Gasteiger partial charge in [-0.15, -0.1) is 11.6 Å². The molecule has 0 aliphatic carbocycles. The molecule has 1 aromatic carbocycles. The quantitative estimate of drug-likeness (QED) is 0.726. The Bertz CT molecular complexity index is 579. The molecule has 0 N–H and O–H groups in total. The normalized spacial score (nSPS) is 25.5. The van der Waals surface area contributed by atoms with E-state index in [2.05, 4.69) is 15.9 Å². The Morgan fingerprint density at radius 1 is 1.42 bits per heavy atom. The van der Waals surface area contributed by atoms with Crippen LogP contribution in [0.2, 0.25) is 5.02 Å². The Kier molecular flexibility index (Phi) is 4.83. The van der Waals surface area contributed by atoms with Crippen LogP contribution in [0, 0.1) is 5.92 Å². The largest absolute Gasteiger partial charge is 0.244 e. The lowest BCUT2D eigenvalue weighted by atomic mass is 10.0. The van der Waals surface area contributed by atoms with E-state index < -0.39 is 10.0 Å². The lowest BCUT2D eigenvalue weighted by Crippen LogP contribution is -2.43. The van der Waals surface area contributed by atoms with Crippen LogP contribution in [-0.4, -0.2) is 31.2 Å². The molecule has 1 aromatic rings. The van der Waals surface area contributed by atoms with Gasteiger partial charge in [-0.25, -0.2) is 8.42 Å². The lowest BCUT2D eigenvalue weighted by Gasteiger charge is -2.33. The minimum absolute atomic E-state index is 0.135. The van der Waals surface area contributed by atoms with Crippen LogP contribution in [-0.2, 0) is 10.0 Å². The van der Waals surface area contributed by atoms with Gasteiger partial charge in [0.05, 0.1) is 5.02 Å². The van der Waals surface area contributed by atoms with E-state index in [1.165, 1.54) is 10.4 Å². The van der Waals surface area contributed by atoms with Crippen molar-refractivity contribution in [3.05, 3.63) is 27.7 Å². The van der Waals surface area contributed by atoms with Gasteiger partial charge in [0, 0.05) is 22.9 Å². The molecule has 0 radical (unpaired) electrons. The second-order valence-electron chi connectivity index (χ2n) is 4.72. The summed E-state index contributed by atoms with van der Waals surface area (Å²) in [6.07, 6.45) is 0.765. The zero-order valence-corrected chi connectivity index (χ0v) is 14.2. The van der Waals surface area contributed by atoms with Gasteiger partial charge in [0.2, 0.25) is 10.0 Å². The number of benzene rings is 1. The molecule has 0 amide bonds. The van der Waals surface area contributed by atoms with E-state index in [0.717, 1.165) is 10.9 Å². The second-order valence-corrected chi connectivity index (χ2v) is 8.51. The van der Waals surface area contributed by atoms with Crippen LogP contribution >= 0.6 is 39.1 Å². The Morgan fingerprint density at radius 3 is 2.68 bits per heavy atom. The zero-order valence-electron chi connectivity index (χ0n) is 10.3. The number of halogens is 3. The summed E-state index contributed by atoms with van der Waals surface area (Å²) < 4.78 is 27.2. The Hall–Kier alpha value is 0.190. The van der Waals surface area contributed by atoms with Crippen molar-refractivity contribution in [2.24, 2.45) is 5.92 Å². The smallest absolute Gasteiger partial charge is 0.207 e. The molecule has 1 aliphatic rings. The fraction of sp³-hybridized carbons (Fsp3) is 0.500. The van der Waals surface area contributed by atoms with E-state index in [1.807, 2.05) is 6.92 Å². The summed E-state index contributed by atoms with van der Waals surface area (Å²) >= 11 is 15.5. The van der Waals surface area contributed by atoms with Crippen molar-refractivity contribution in [3.8, 4) is 0 Å². The topological polar surface area (TPSA) is 37.4 Å². The van der Waals surface area contributed by atoms with Crippen LogP contribution in [0.5, 0.6) is 0 Å². The number of hydrogen-bond acceptors (Lipinski definition) is 2. The van der Waals surface area contributed by atoms with E-state index in [4.69, 9.17) is 23.2 Å². The van der Waals surface area contributed by atoms with E-state index in [9.17, 15) is 8.42 Å². The first kappa shape index (κ1) is 15.6. The molecule has 0 saturated carbocycles. The standard InChI is InChI=1S/C12H14BrCl2NO2S/c1-8-4-5-16(7-11(8)15)19(17,18)12-3-2-9(13)6-10(12)14/h2-3,6,8,11H,4-5,7H2,1H3. The van der Waals surface area contributed by atoms with Crippen molar-refractivity contribution >= 4 is 49.2 Å². The van der Waals surface area contributed by atoms with Gasteiger partial charge in [-0.05, 0) is 30.5 Å². The Morgan fingerprint density at radius 2 is 2.11 bits per heavy atom. The van der Waals surface area contributed by atoms with Gasteiger partial charge in [0.25, 0.3) is 0 Å². The van der Waals surface area contributed by atoms with E-state index in [-0.39, 0.29) is 15.3 Å². The van der Waals surface area contributed by atoms with Gasteiger partial charge in [-0.3, -0.25) is 0 Å². The molecule has 1 aliphatic heterocycles. The zero-order chi connectivity index (χ0) is 14.2. The van der Waals surface area contributed by atoms with Gasteiger partial charge in [0.15, 0.2) is 0 Å². The summed E-state index contributed by atoms with van der Waals surface area (Å²) in [6, 6.07) is 4.77. The van der Waals surface area contributed by atoms with Gasteiger partial charge in [0.1, 0.15) is 4.90 Å². The van der Waals surface area contributed by atoms with Crippen LogP contribution in [0.1, 0.15) is 13.3 Å². The van der Waals surface area contributed by atoms with E-state index in [0.29, 0.717) is 19.0 Å². The lowest BCUT2D eigenvalue weighted by molar-refractivity contribution is 0.293. The molecular formula is C12H14BrCl2NO2S. The fourth-order valence-electron chi connectivity index (χ4n) is 2.04. The molecule has 1 saturated heterocycles. The summed E-state index contributed by atoms with van der Waals surface area (Å²) in [5, 5.41) is 0.0665. The van der Waals surface area contributed by atoms with Crippen LogP contribution in [0.25, 0.3) is 0 Å². The Labute approximate surface area is 132 Å². The summed E-state index contributed by atoms with van der Waals surface area (Å²) in [7, 11) is -3.57. The van der Waals surface area contributed by atoms with Crippen molar-refractivity contribution in [3.63, 3.8) is 0 Å². The van der Waals surface area contributed by atoms with Crippen molar-refractivity contribution in [1.29, 1.82) is 0 Å². The monoisotopic (exact) mass is 385 g/mol. The summed E-state index contributed by atoms with van der Waals surface area (Å²) in [6.45, 7) is 2.85. The van der Waals surface area contributed by atoms with E-state index >= 15 is 0 Å². The minimum Gasteiger partial charge on any atom is -0.207 e. The molecule has 19 heavy (non-hydrogen) atoms. The number of hydrogen-bond donors (Lipinski definition) is 0. The highest BCUT2D eigenvalue weighted by Crippen LogP contribution is 2.31. The predicted octanol–water partition coefficient (Wildman–Crippen LogP) is 3.74. The first-order chi connectivity index (χ1) is 8.82. The van der Waals surface area contributed by atoms with Gasteiger partial charge in [-0.1, -0.05) is 34.5 Å². The fourth-order valence-corrected chi connectivity index (χ4v) is 4.90. The highest BCUT2D eigenvalue weighted by Gasteiger charge is 2.33. The summed E-state index contributed by atoms with van der Waals surface area (Å²) in [5.41, 5.74) is 0. The van der Waals surface area contributed by atoms with Crippen LogP contribution in [0.3, 0.4) is 0 Å². The number of alkyl halides is 1. The number of nitrogens with zero attached hydrogens (tertiary/aromatic N) is 1. The molecule has 0 aromatic heterocycles. The number of sulfonamides is 1. The molecule has 0 bridgehead atoms. The average molecular weight is 387 g/mol. The molecule has 0 spiro atoms. The maximum absolute atomic E-state index is 12.5. The SMILES string of the molecule is CC1CCN(S(=O)(=O)c2ccc(Br)cc2Cl)CC1Cl. The predicted molar refractivity (Wildman–Crippen MR) is 81.3 cm³/mol. The van der Waals surface area contributed by atoms with Crippen molar-refractivity contribution in [2.75, 3.05) is 13.1 Å². The first-order valence-electron chi connectivity index (χ1n) is 5.91. The number of rotatable bonds is 2. The third-order valence-corrected chi connectivity index (χ3v) is 6.75. The van der Waals surface area contributed by atoms with Crippen molar-refractivity contribution < 1.29 is 8.42 Å². The van der Waals surface area contributed by atoms with Crippen molar-refractivity contribution in [2.45, 2.75) is 23.6 Å². The summed E-state index contributed by atoms with van der Waals surface area (Å²) in [5.74, 6) is 0.327. The van der Waals surface area contributed by atoms with Gasteiger partial charge < -0.3 is 0 Å². The third kappa shape index (κ3) is 3.27. The molecular weight excluding hydrogens is 373 g/mol. The molecule has 3 nitrogen and oxygen atoms in total. The average Bonchev–Trinajstić information content (AvgIpc) is 2.32. The molecule has 106 valence electrons. The Balaban J connectivity index is 2.32. The van der Waals surface area contributed by atoms with Gasteiger partial charge in [-0.2, -0.15) is 4.31 Å². The molecule has 1 heterocycles. The maximum Gasteiger partial charge on any atom is 0.244 e. The van der Waals surface area contributed by atoms with Gasteiger partial charge >= 0.3 is 0 Å². The first-order valence-corrected chi connectivity index (χ1v) is 8.96. The molecule has 2 unspecified atom stereocenters. The van der Waals surface area contributed by atoms with Crippen LogP contribution < -0.4 is 0 Å². The third-order valence-electron chi connectivity index (χ3n) is 3.34. The van der Waals surface area contributed by atoms with Crippen molar-refractivity contribution in [1.82, 2.24) is 4.31 Å². The second kappa shape index (κ2) is 5.90. The van der Waals surface area contributed by atoms with E-state index in [1.54, 1.807) is 12.1 Å². The molecule has 2 atom stereocenters. The highest BCUT2D eigenvalue weighted by molar-refractivity contribution is 9.10. The van der Waals surface area contributed by atoms with Crippen LogP contribution in [0.4, 0.5) is 0 Å². The molecule has 2 rings (SSSR count). The maximum atomic E-state index is 12.5. The highest BCUT2D eigenvalue weighted by atomic mass is 79.9. The molecule has 7 heteroatoms. The molecule has 1 fully saturated rings. The summed E-state index contributed by atoms with van der Waals surface area (Å²) in [4.78, 5) is 0.135. The number of piperidine rings is 1.